The second kappa shape index (κ2) is 9.82. The first-order chi connectivity index (χ1) is 9.27. The topological polar surface area (TPSA) is 24.9 Å². The van der Waals surface area contributed by atoms with Crippen LogP contribution in [0.3, 0.4) is 0 Å². The number of nitrogens with zero attached hydrogens (tertiary/aromatic N) is 1. The van der Waals surface area contributed by atoms with Crippen molar-refractivity contribution in [1.29, 1.82) is 0 Å². The number of hydrogen-bond acceptors (Lipinski definition) is 2. The number of aryl methyl sites for hydroxylation is 1. The molecule has 2 nitrogen and oxygen atoms in total. The monoisotopic (exact) mass is 262 g/mol. The van der Waals surface area contributed by atoms with E-state index in [9.17, 15) is 0 Å². The molecular formula is C17H30N2. The van der Waals surface area contributed by atoms with Crippen molar-refractivity contribution in [3.05, 3.63) is 24.0 Å². The Kier molecular flexibility index (Phi) is 8.28. The standard InChI is InChI=1S/C17H30N2/c1-4-6-8-11-16(12-9-7-5-2)19-17-13-10-14-18-15(17)3/h10,13-14,16,19H,4-9,11-12H2,1-3H3. The fraction of sp³-hybridized carbons (Fsp3) is 0.706. The van der Waals surface area contributed by atoms with Crippen LogP contribution in [0.25, 0.3) is 0 Å². The Hall–Kier alpha value is -1.05. The number of aromatic nitrogens is 1. The summed E-state index contributed by atoms with van der Waals surface area (Å²) in [5, 5.41) is 3.70. The van der Waals surface area contributed by atoms with Crippen LogP contribution < -0.4 is 5.32 Å². The number of unbranched alkanes of at least 4 members (excludes halogenated alkanes) is 4. The zero-order valence-electron chi connectivity index (χ0n) is 12.9. The molecule has 0 radical (unpaired) electrons. The summed E-state index contributed by atoms with van der Waals surface area (Å²) in [6.45, 7) is 6.62. The molecule has 108 valence electrons. The van der Waals surface area contributed by atoms with E-state index in [2.05, 4.69) is 37.1 Å². The van der Waals surface area contributed by atoms with E-state index in [1.54, 1.807) is 0 Å². The van der Waals surface area contributed by atoms with Crippen molar-refractivity contribution in [2.75, 3.05) is 5.32 Å². The fourth-order valence-electron chi connectivity index (χ4n) is 2.43. The molecular weight excluding hydrogens is 232 g/mol. The van der Waals surface area contributed by atoms with Gasteiger partial charge in [-0.3, -0.25) is 4.98 Å². The highest BCUT2D eigenvalue weighted by Crippen LogP contribution is 2.18. The van der Waals surface area contributed by atoms with Crippen LogP contribution in [0.1, 0.15) is 70.9 Å². The summed E-state index contributed by atoms with van der Waals surface area (Å²) in [6, 6.07) is 4.78. The van der Waals surface area contributed by atoms with Crippen molar-refractivity contribution in [3.8, 4) is 0 Å². The molecule has 0 aliphatic carbocycles. The van der Waals surface area contributed by atoms with Crippen LogP contribution in [0.15, 0.2) is 18.3 Å². The number of pyridine rings is 1. The third-order valence-corrected chi connectivity index (χ3v) is 3.68. The summed E-state index contributed by atoms with van der Waals surface area (Å²) in [7, 11) is 0. The van der Waals surface area contributed by atoms with E-state index in [0.29, 0.717) is 6.04 Å². The maximum Gasteiger partial charge on any atom is 0.0603 e. The van der Waals surface area contributed by atoms with E-state index >= 15 is 0 Å². The lowest BCUT2D eigenvalue weighted by Crippen LogP contribution is -2.20. The van der Waals surface area contributed by atoms with Crippen molar-refractivity contribution in [3.63, 3.8) is 0 Å². The normalized spacial score (nSPS) is 10.9. The zero-order chi connectivity index (χ0) is 13.9. The average molecular weight is 262 g/mol. The summed E-state index contributed by atoms with van der Waals surface area (Å²) in [5.41, 5.74) is 2.32. The maximum absolute atomic E-state index is 4.36. The molecule has 0 aliphatic rings. The van der Waals surface area contributed by atoms with Gasteiger partial charge in [-0.05, 0) is 31.9 Å². The van der Waals surface area contributed by atoms with Crippen LogP contribution in [-0.4, -0.2) is 11.0 Å². The van der Waals surface area contributed by atoms with Gasteiger partial charge in [0.25, 0.3) is 0 Å². The predicted molar refractivity (Wildman–Crippen MR) is 84.7 cm³/mol. The minimum absolute atomic E-state index is 0.612. The quantitative estimate of drug-likeness (QED) is 0.576. The first-order valence-corrected chi connectivity index (χ1v) is 7.96. The predicted octanol–water partition coefficient (Wildman–Crippen LogP) is 5.33. The summed E-state index contributed by atoms with van der Waals surface area (Å²) < 4.78 is 0. The Morgan fingerprint density at radius 2 is 1.68 bits per heavy atom. The molecule has 1 aromatic rings. The summed E-state index contributed by atoms with van der Waals surface area (Å²) >= 11 is 0. The van der Waals surface area contributed by atoms with E-state index in [-0.39, 0.29) is 0 Å². The van der Waals surface area contributed by atoms with Gasteiger partial charge in [-0.25, -0.2) is 0 Å². The summed E-state index contributed by atoms with van der Waals surface area (Å²) in [6.07, 6.45) is 12.4. The largest absolute Gasteiger partial charge is 0.381 e. The molecule has 0 aliphatic heterocycles. The molecule has 0 aromatic carbocycles. The van der Waals surface area contributed by atoms with Gasteiger partial charge in [-0.2, -0.15) is 0 Å². The SMILES string of the molecule is CCCCCC(CCCCC)Nc1cccnc1C. The number of hydrogen-bond donors (Lipinski definition) is 1. The van der Waals surface area contributed by atoms with Crippen LogP contribution in [0.2, 0.25) is 0 Å². The Morgan fingerprint density at radius 3 is 2.21 bits per heavy atom. The van der Waals surface area contributed by atoms with Gasteiger partial charge in [0.05, 0.1) is 11.4 Å². The molecule has 2 heteroatoms. The highest BCUT2D eigenvalue weighted by molar-refractivity contribution is 5.47. The molecule has 0 saturated carbocycles. The number of anilines is 1. The highest BCUT2D eigenvalue weighted by atomic mass is 14.9. The Morgan fingerprint density at radius 1 is 1.05 bits per heavy atom. The third kappa shape index (κ3) is 6.60. The fourth-order valence-corrected chi connectivity index (χ4v) is 2.43. The third-order valence-electron chi connectivity index (χ3n) is 3.68. The van der Waals surface area contributed by atoms with Gasteiger partial charge in [-0.15, -0.1) is 0 Å². The van der Waals surface area contributed by atoms with E-state index in [1.807, 2.05) is 12.3 Å². The molecule has 1 N–H and O–H groups in total. The second-order valence-corrected chi connectivity index (χ2v) is 5.47. The van der Waals surface area contributed by atoms with Gasteiger partial charge in [0, 0.05) is 12.2 Å². The van der Waals surface area contributed by atoms with Crippen molar-refractivity contribution >= 4 is 5.69 Å². The molecule has 0 bridgehead atoms. The lowest BCUT2D eigenvalue weighted by molar-refractivity contribution is 0.526. The zero-order valence-corrected chi connectivity index (χ0v) is 12.9. The van der Waals surface area contributed by atoms with E-state index in [4.69, 9.17) is 0 Å². The van der Waals surface area contributed by atoms with Gasteiger partial charge in [0.2, 0.25) is 0 Å². The molecule has 0 atom stereocenters. The van der Waals surface area contributed by atoms with Crippen LogP contribution in [0.4, 0.5) is 5.69 Å². The van der Waals surface area contributed by atoms with Gasteiger partial charge < -0.3 is 5.32 Å². The summed E-state index contributed by atoms with van der Waals surface area (Å²) in [4.78, 5) is 4.36. The van der Waals surface area contributed by atoms with Gasteiger partial charge in [0.1, 0.15) is 0 Å². The van der Waals surface area contributed by atoms with Crippen LogP contribution in [-0.2, 0) is 0 Å². The van der Waals surface area contributed by atoms with Crippen molar-refractivity contribution in [1.82, 2.24) is 4.98 Å². The average Bonchev–Trinajstić information content (AvgIpc) is 2.41. The molecule has 19 heavy (non-hydrogen) atoms. The smallest absolute Gasteiger partial charge is 0.0603 e. The van der Waals surface area contributed by atoms with Crippen molar-refractivity contribution < 1.29 is 0 Å². The number of nitrogens with one attached hydrogen (secondary N) is 1. The Bertz CT molecular complexity index is 326. The van der Waals surface area contributed by atoms with Gasteiger partial charge >= 0.3 is 0 Å². The second-order valence-electron chi connectivity index (χ2n) is 5.47. The molecule has 1 heterocycles. The number of rotatable bonds is 10. The molecule has 0 unspecified atom stereocenters. The van der Waals surface area contributed by atoms with Crippen LogP contribution >= 0.6 is 0 Å². The molecule has 1 rings (SSSR count). The highest BCUT2D eigenvalue weighted by Gasteiger charge is 2.09. The van der Waals surface area contributed by atoms with Crippen LogP contribution in [0, 0.1) is 6.92 Å². The van der Waals surface area contributed by atoms with Gasteiger partial charge in [-0.1, -0.05) is 52.4 Å². The summed E-state index contributed by atoms with van der Waals surface area (Å²) in [5.74, 6) is 0. The molecule has 1 aromatic heterocycles. The minimum Gasteiger partial charge on any atom is -0.381 e. The maximum atomic E-state index is 4.36. The molecule has 0 spiro atoms. The molecule has 0 amide bonds. The van der Waals surface area contributed by atoms with Gasteiger partial charge in [0.15, 0.2) is 0 Å². The molecule has 0 fully saturated rings. The lowest BCUT2D eigenvalue weighted by atomic mass is 10.0. The lowest BCUT2D eigenvalue weighted by Gasteiger charge is -2.20. The van der Waals surface area contributed by atoms with E-state index in [1.165, 1.54) is 57.1 Å². The Labute approximate surface area is 119 Å². The van der Waals surface area contributed by atoms with E-state index < -0.39 is 0 Å². The minimum atomic E-state index is 0.612. The van der Waals surface area contributed by atoms with Crippen molar-refractivity contribution in [2.24, 2.45) is 0 Å². The first-order valence-electron chi connectivity index (χ1n) is 7.96. The molecule has 0 saturated heterocycles. The van der Waals surface area contributed by atoms with Crippen LogP contribution in [0.5, 0.6) is 0 Å². The van der Waals surface area contributed by atoms with E-state index in [0.717, 1.165) is 5.69 Å². The van der Waals surface area contributed by atoms with Crippen molar-refractivity contribution in [2.45, 2.75) is 78.2 Å². The Balaban J connectivity index is 2.49. The first kappa shape index (κ1) is 16.0.